The zero-order chi connectivity index (χ0) is 10.3. The Kier molecular flexibility index (Phi) is 6.73. The van der Waals surface area contributed by atoms with Gasteiger partial charge < -0.3 is 9.47 Å². The molecular formula is C8H14FO3P. The van der Waals surface area contributed by atoms with Crippen LogP contribution in [-0.4, -0.2) is 31.7 Å². The van der Waals surface area contributed by atoms with Crippen molar-refractivity contribution in [3.63, 3.8) is 0 Å². The lowest BCUT2D eigenvalue weighted by Gasteiger charge is -2.11. The van der Waals surface area contributed by atoms with Gasteiger partial charge in [0, 0.05) is 5.57 Å². The molecule has 0 saturated carbocycles. The van der Waals surface area contributed by atoms with Gasteiger partial charge in [0.2, 0.25) is 0 Å². The van der Waals surface area contributed by atoms with Crippen LogP contribution in [0.4, 0.5) is 4.39 Å². The van der Waals surface area contributed by atoms with Crippen molar-refractivity contribution in [2.24, 2.45) is 0 Å². The number of rotatable bonds is 6. The van der Waals surface area contributed by atoms with Crippen molar-refractivity contribution >= 4 is 15.2 Å². The first-order valence-corrected chi connectivity index (χ1v) is 4.50. The second-order valence-corrected chi connectivity index (χ2v) is 3.22. The largest absolute Gasteiger partial charge is 0.459 e. The molecule has 5 heteroatoms. The van der Waals surface area contributed by atoms with E-state index in [0.29, 0.717) is 5.57 Å². The Morgan fingerprint density at radius 3 is 2.77 bits per heavy atom. The summed E-state index contributed by atoms with van der Waals surface area (Å²) in [6, 6.07) is 0. The lowest BCUT2D eigenvalue weighted by molar-refractivity contribution is -0.141. The molecule has 0 aliphatic rings. The van der Waals surface area contributed by atoms with E-state index >= 15 is 0 Å². The predicted molar refractivity (Wildman–Crippen MR) is 51.2 cm³/mol. The number of ether oxygens (including phenoxy) is 2. The first-order chi connectivity index (χ1) is 6.07. The molecule has 0 heterocycles. The SMILES string of the molecule is C=C(C)C(=O)OCC(P)OCCF. The Morgan fingerprint density at radius 1 is 1.69 bits per heavy atom. The molecule has 3 nitrogen and oxygen atoms in total. The van der Waals surface area contributed by atoms with E-state index in [1.807, 2.05) is 0 Å². The van der Waals surface area contributed by atoms with Gasteiger partial charge in [-0.05, 0) is 6.92 Å². The molecular weight excluding hydrogens is 194 g/mol. The Morgan fingerprint density at radius 2 is 2.31 bits per heavy atom. The van der Waals surface area contributed by atoms with E-state index in [9.17, 15) is 9.18 Å². The van der Waals surface area contributed by atoms with Gasteiger partial charge in [0.15, 0.2) is 0 Å². The average Bonchev–Trinajstić information content (AvgIpc) is 2.10. The number of hydrogen-bond donors (Lipinski definition) is 0. The van der Waals surface area contributed by atoms with Gasteiger partial charge in [0.25, 0.3) is 0 Å². The highest BCUT2D eigenvalue weighted by Crippen LogP contribution is 2.04. The molecule has 0 rings (SSSR count). The van der Waals surface area contributed by atoms with Gasteiger partial charge in [0.05, 0.1) is 6.61 Å². The third kappa shape index (κ3) is 6.67. The monoisotopic (exact) mass is 208 g/mol. The Balaban J connectivity index is 3.51. The molecule has 0 bridgehead atoms. The number of alkyl halides is 1. The summed E-state index contributed by atoms with van der Waals surface area (Å²) < 4.78 is 21.3. The fraction of sp³-hybridized carbons (Fsp3) is 0.625. The number of hydrogen-bond acceptors (Lipinski definition) is 3. The third-order valence-electron chi connectivity index (χ3n) is 1.14. The van der Waals surface area contributed by atoms with Gasteiger partial charge in [-0.25, -0.2) is 9.18 Å². The van der Waals surface area contributed by atoms with Gasteiger partial charge in [-0.2, -0.15) is 0 Å². The van der Waals surface area contributed by atoms with E-state index in [-0.39, 0.29) is 19.1 Å². The van der Waals surface area contributed by atoms with Crippen LogP contribution < -0.4 is 0 Å². The highest BCUT2D eigenvalue weighted by atomic mass is 31.0. The minimum absolute atomic E-state index is 0.0127. The number of halogens is 1. The Labute approximate surface area is 79.5 Å². The van der Waals surface area contributed by atoms with Crippen LogP contribution in [0, 0.1) is 0 Å². The van der Waals surface area contributed by atoms with Crippen LogP contribution in [0.15, 0.2) is 12.2 Å². The van der Waals surface area contributed by atoms with Crippen LogP contribution in [0.5, 0.6) is 0 Å². The Bertz CT molecular complexity index is 184. The summed E-state index contributed by atoms with van der Waals surface area (Å²) in [6.45, 7) is 4.54. The maximum atomic E-state index is 11.6. The van der Waals surface area contributed by atoms with Crippen molar-refractivity contribution in [1.29, 1.82) is 0 Å². The maximum Gasteiger partial charge on any atom is 0.333 e. The van der Waals surface area contributed by atoms with Gasteiger partial charge in [-0.1, -0.05) is 6.58 Å². The van der Waals surface area contributed by atoms with Crippen molar-refractivity contribution in [1.82, 2.24) is 0 Å². The molecule has 0 spiro atoms. The summed E-state index contributed by atoms with van der Waals surface area (Å²) in [5.41, 5.74) is 0.336. The molecule has 0 radical (unpaired) electrons. The van der Waals surface area contributed by atoms with Crippen LogP contribution in [0.25, 0.3) is 0 Å². The van der Waals surface area contributed by atoms with Crippen molar-refractivity contribution in [3.05, 3.63) is 12.2 Å². The molecule has 0 aromatic carbocycles. The fourth-order valence-corrected chi connectivity index (χ4v) is 0.757. The van der Waals surface area contributed by atoms with E-state index in [1.165, 1.54) is 0 Å². The second-order valence-electron chi connectivity index (χ2n) is 2.48. The van der Waals surface area contributed by atoms with Crippen molar-refractivity contribution < 1.29 is 18.7 Å². The molecule has 0 N–H and O–H groups in total. The summed E-state index contributed by atoms with van der Waals surface area (Å²) in [6.07, 6.45) is 0. The van der Waals surface area contributed by atoms with Crippen LogP contribution in [0.3, 0.4) is 0 Å². The Hall–Kier alpha value is -0.470. The lowest BCUT2D eigenvalue weighted by Crippen LogP contribution is -2.17. The van der Waals surface area contributed by atoms with E-state index < -0.39 is 12.6 Å². The highest BCUT2D eigenvalue weighted by molar-refractivity contribution is 7.17. The second kappa shape index (κ2) is 6.98. The van der Waals surface area contributed by atoms with E-state index in [1.54, 1.807) is 6.92 Å². The first-order valence-electron chi connectivity index (χ1n) is 3.83. The van der Waals surface area contributed by atoms with Gasteiger partial charge >= 0.3 is 5.97 Å². The smallest absolute Gasteiger partial charge is 0.333 e. The topological polar surface area (TPSA) is 35.5 Å². The lowest BCUT2D eigenvalue weighted by atomic mass is 10.4. The molecule has 13 heavy (non-hydrogen) atoms. The number of carbonyl (C=O) groups excluding carboxylic acids is 1. The molecule has 76 valence electrons. The summed E-state index contributed by atoms with van der Waals surface area (Å²) in [5.74, 6) is -0.824. The molecule has 0 aliphatic carbocycles. The van der Waals surface area contributed by atoms with Crippen molar-refractivity contribution in [2.75, 3.05) is 19.9 Å². The summed E-state index contributed by atoms with van der Waals surface area (Å²) in [7, 11) is 2.31. The summed E-state index contributed by atoms with van der Waals surface area (Å²) in [4.78, 5) is 10.9. The van der Waals surface area contributed by atoms with Crippen LogP contribution >= 0.6 is 9.24 Å². The van der Waals surface area contributed by atoms with Crippen molar-refractivity contribution in [3.8, 4) is 0 Å². The standard InChI is InChI=1S/C8H14FO3P/c1-6(2)8(10)12-5-7(13)11-4-3-9/h7H,1,3-5,13H2,2H3. The normalized spacial score (nSPS) is 12.2. The van der Waals surface area contributed by atoms with Gasteiger partial charge in [-0.3, -0.25) is 0 Å². The predicted octanol–water partition coefficient (Wildman–Crippen LogP) is 1.29. The molecule has 0 fully saturated rings. The quantitative estimate of drug-likeness (QED) is 0.375. The average molecular weight is 208 g/mol. The first kappa shape index (κ1) is 12.5. The molecule has 0 aliphatic heterocycles. The number of esters is 1. The molecule has 0 amide bonds. The van der Waals surface area contributed by atoms with Crippen LogP contribution in [-0.2, 0) is 14.3 Å². The van der Waals surface area contributed by atoms with Crippen molar-refractivity contribution in [2.45, 2.75) is 12.8 Å². The summed E-state index contributed by atoms with van der Waals surface area (Å²) in [5, 5.41) is 0. The van der Waals surface area contributed by atoms with E-state index in [2.05, 4.69) is 15.8 Å². The molecule has 0 saturated heterocycles. The minimum atomic E-state index is -0.542. The number of carbonyl (C=O) groups is 1. The summed E-state index contributed by atoms with van der Waals surface area (Å²) >= 11 is 0. The molecule has 0 aromatic heterocycles. The fourth-order valence-electron chi connectivity index (χ4n) is 0.525. The van der Waals surface area contributed by atoms with Gasteiger partial charge in [-0.15, -0.1) is 9.24 Å². The maximum absolute atomic E-state index is 11.6. The van der Waals surface area contributed by atoms with E-state index in [0.717, 1.165) is 0 Å². The van der Waals surface area contributed by atoms with Crippen LogP contribution in [0.1, 0.15) is 6.92 Å². The molecule has 2 atom stereocenters. The molecule has 2 unspecified atom stereocenters. The van der Waals surface area contributed by atoms with E-state index in [4.69, 9.17) is 9.47 Å². The zero-order valence-electron chi connectivity index (χ0n) is 7.59. The third-order valence-corrected chi connectivity index (χ3v) is 1.52. The van der Waals surface area contributed by atoms with Crippen LogP contribution in [0.2, 0.25) is 0 Å². The minimum Gasteiger partial charge on any atom is -0.459 e. The highest BCUT2D eigenvalue weighted by Gasteiger charge is 2.07. The van der Waals surface area contributed by atoms with Gasteiger partial charge in [0.1, 0.15) is 19.1 Å². The zero-order valence-corrected chi connectivity index (χ0v) is 8.74. The molecule has 0 aromatic rings.